The Kier molecular flexibility index (Phi) is 6.37. The highest BCUT2D eigenvalue weighted by Gasteiger charge is 2.53. The molecule has 3 aromatic rings. The first-order valence-electron chi connectivity index (χ1n) is 13.8. The number of phenols is 1. The van der Waals surface area contributed by atoms with Gasteiger partial charge < -0.3 is 34.1 Å². The topological polar surface area (TPSA) is 133 Å². The van der Waals surface area contributed by atoms with Crippen molar-refractivity contribution < 1.29 is 43.2 Å². The van der Waals surface area contributed by atoms with E-state index in [0.29, 0.717) is 17.1 Å². The van der Waals surface area contributed by atoms with Crippen LogP contribution in [0.5, 0.6) is 28.7 Å². The fraction of sp³-hybridized carbons (Fsp3) is 0.281. The average Bonchev–Trinajstić information content (AvgIpc) is 3.71. The van der Waals surface area contributed by atoms with Gasteiger partial charge in [0, 0.05) is 17.9 Å². The van der Waals surface area contributed by atoms with Gasteiger partial charge in [-0.3, -0.25) is 19.3 Å². The maximum Gasteiger partial charge on any atom is 0.310 e. The van der Waals surface area contributed by atoms with E-state index in [1.54, 1.807) is 12.1 Å². The summed E-state index contributed by atoms with van der Waals surface area (Å²) in [6.45, 7) is 0.282. The molecule has 11 nitrogen and oxygen atoms in total. The van der Waals surface area contributed by atoms with Crippen LogP contribution < -0.4 is 24.3 Å². The van der Waals surface area contributed by atoms with E-state index < -0.39 is 41.6 Å². The lowest BCUT2D eigenvalue weighted by atomic mass is 9.65. The summed E-state index contributed by atoms with van der Waals surface area (Å²) < 4.78 is 27.9. The van der Waals surface area contributed by atoms with Gasteiger partial charge in [-0.05, 0) is 46.5 Å². The molecule has 1 fully saturated rings. The standard InChI is InChI=1S/C32H28N2O9/c1-39-24-8-17(9-25(40-2)30(24)36)27-18-10-22-23(43-15-42-22)11-19(18)29(20-14-41-32(38)28(20)27)33-21-12-26(35)34(31(21)37)13-16-6-4-3-5-7-16/h3-12,20,27-29,33,36H,13-15H2,1-2H3. The van der Waals surface area contributed by atoms with Crippen molar-refractivity contribution in [1.82, 2.24) is 10.2 Å². The number of phenolic OH excluding ortho intramolecular Hbond substituents is 1. The molecule has 4 aliphatic rings. The first kappa shape index (κ1) is 26.7. The van der Waals surface area contributed by atoms with Gasteiger partial charge in [0.2, 0.25) is 12.5 Å². The van der Waals surface area contributed by atoms with Gasteiger partial charge >= 0.3 is 5.97 Å². The zero-order valence-electron chi connectivity index (χ0n) is 23.4. The van der Waals surface area contributed by atoms with E-state index in [1.807, 2.05) is 42.5 Å². The molecule has 0 aromatic heterocycles. The maximum atomic E-state index is 13.5. The number of cyclic esters (lactones) is 1. The van der Waals surface area contributed by atoms with E-state index in [0.717, 1.165) is 16.7 Å². The largest absolute Gasteiger partial charge is 0.502 e. The van der Waals surface area contributed by atoms with Crippen molar-refractivity contribution in [3.8, 4) is 28.7 Å². The molecule has 7 rings (SSSR count). The van der Waals surface area contributed by atoms with Crippen LogP contribution in [0.25, 0.3) is 0 Å². The Hall–Kier alpha value is -5.19. The predicted molar refractivity (Wildman–Crippen MR) is 150 cm³/mol. The Bertz CT molecular complexity index is 1660. The molecule has 4 atom stereocenters. The van der Waals surface area contributed by atoms with Crippen molar-refractivity contribution in [3.05, 3.63) is 88.6 Å². The number of amides is 2. The van der Waals surface area contributed by atoms with Gasteiger partial charge in [-0.2, -0.15) is 0 Å². The number of aromatic hydroxyl groups is 1. The molecule has 4 unspecified atom stereocenters. The van der Waals surface area contributed by atoms with Crippen LogP contribution in [0, 0.1) is 11.8 Å². The molecule has 43 heavy (non-hydrogen) atoms. The summed E-state index contributed by atoms with van der Waals surface area (Å²) in [5.41, 5.74) is 3.14. The van der Waals surface area contributed by atoms with Crippen LogP contribution in [-0.2, 0) is 25.7 Å². The van der Waals surface area contributed by atoms with E-state index >= 15 is 0 Å². The molecular formula is C32H28N2O9. The Labute approximate surface area is 246 Å². The monoisotopic (exact) mass is 584 g/mol. The number of benzene rings is 3. The third-order valence-corrected chi connectivity index (χ3v) is 8.55. The zero-order valence-corrected chi connectivity index (χ0v) is 23.4. The van der Waals surface area contributed by atoms with Gasteiger partial charge in [-0.25, -0.2) is 0 Å². The minimum atomic E-state index is -0.669. The van der Waals surface area contributed by atoms with Gasteiger partial charge in [0.15, 0.2) is 23.0 Å². The second kappa shape index (κ2) is 10.3. The molecule has 0 radical (unpaired) electrons. The number of nitrogens with one attached hydrogen (secondary N) is 1. The van der Waals surface area contributed by atoms with E-state index in [2.05, 4.69) is 5.32 Å². The van der Waals surface area contributed by atoms with Crippen LogP contribution in [0.2, 0.25) is 0 Å². The third-order valence-electron chi connectivity index (χ3n) is 8.55. The van der Waals surface area contributed by atoms with Crippen molar-refractivity contribution in [3.63, 3.8) is 0 Å². The number of methoxy groups -OCH3 is 2. The number of hydrogen-bond donors (Lipinski definition) is 2. The highest BCUT2D eigenvalue weighted by molar-refractivity contribution is 6.15. The highest BCUT2D eigenvalue weighted by atomic mass is 16.7. The molecule has 3 heterocycles. The number of nitrogens with zero attached hydrogens (tertiary/aromatic N) is 1. The van der Waals surface area contributed by atoms with Crippen LogP contribution in [0.1, 0.15) is 34.2 Å². The SMILES string of the molecule is COc1cc(C2c3cc4c(cc3C(NC3=CC(=O)N(Cc5ccccc5)C3=O)C3COC(=O)C23)OCO4)cc(OC)c1O. The van der Waals surface area contributed by atoms with Crippen LogP contribution in [0.15, 0.2) is 66.4 Å². The predicted octanol–water partition coefficient (Wildman–Crippen LogP) is 3.16. The number of fused-ring (bicyclic) bond motifs is 3. The second-order valence-corrected chi connectivity index (χ2v) is 10.8. The smallest absolute Gasteiger partial charge is 0.310 e. The number of carbonyl (C=O) groups is 3. The van der Waals surface area contributed by atoms with E-state index in [4.69, 9.17) is 23.7 Å². The maximum absolute atomic E-state index is 13.5. The molecule has 2 N–H and O–H groups in total. The van der Waals surface area contributed by atoms with E-state index in [-0.39, 0.29) is 42.9 Å². The molecule has 1 saturated heterocycles. The molecule has 3 aromatic carbocycles. The number of rotatable bonds is 7. The Balaban J connectivity index is 1.31. The molecule has 0 saturated carbocycles. The number of carbonyl (C=O) groups excluding carboxylic acids is 3. The van der Waals surface area contributed by atoms with Crippen LogP contribution in [0.4, 0.5) is 0 Å². The fourth-order valence-electron chi connectivity index (χ4n) is 6.54. The van der Waals surface area contributed by atoms with Crippen LogP contribution in [-0.4, -0.2) is 55.4 Å². The normalized spacial score (nSPS) is 23.4. The highest BCUT2D eigenvalue weighted by Crippen LogP contribution is 2.55. The average molecular weight is 585 g/mol. The van der Waals surface area contributed by atoms with Crippen LogP contribution in [0.3, 0.4) is 0 Å². The summed E-state index contributed by atoms with van der Waals surface area (Å²) in [7, 11) is 2.87. The zero-order chi connectivity index (χ0) is 29.8. The van der Waals surface area contributed by atoms with Crippen molar-refractivity contribution in [2.75, 3.05) is 27.6 Å². The minimum Gasteiger partial charge on any atom is -0.502 e. The van der Waals surface area contributed by atoms with Gasteiger partial charge in [-0.1, -0.05) is 30.3 Å². The molecule has 11 heteroatoms. The fourth-order valence-corrected chi connectivity index (χ4v) is 6.54. The summed E-state index contributed by atoms with van der Waals surface area (Å²) in [4.78, 5) is 41.0. The lowest BCUT2D eigenvalue weighted by molar-refractivity contribution is -0.142. The molecular weight excluding hydrogens is 556 g/mol. The molecule has 3 aliphatic heterocycles. The molecule has 1 aliphatic carbocycles. The van der Waals surface area contributed by atoms with Gasteiger partial charge in [0.05, 0.1) is 39.3 Å². The van der Waals surface area contributed by atoms with Crippen molar-refractivity contribution >= 4 is 17.8 Å². The summed E-state index contributed by atoms with van der Waals surface area (Å²) in [6.07, 6.45) is 1.30. The minimum absolute atomic E-state index is 0.0450. The Morgan fingerprint density at radius 3 is 2.28 bits per heavy atom. The van der Waals surface area contributed by atoms with E-state index in [1.165, 1.54) is 25.2 Å². The summed E-state index contributed by atoms with van der Waals surface area (Å²) >= 11 is 0. The van der Waals surface area contributed by atoms with Gasteiger partial charge in [0.25, 0.3) is 11.8 Å². The van der Waals surface area contributed by atoms with Gasteiger partial charge in [0.1, 0.15) is 5.70 Å². The molecule has 0 spiro atoms. The first-order valence-corrected chi connectivity index (χ1v) is 13.8. The second-order valence-electron chi connectivity index (χ2n) is 10.8. The summed E-state index contributed by atoms with van der Waals surface area (Å²) in [5.74, 6) is -1.61. The molecule has 2 amide bonds. The van der Waals surface area contributed by atoms with Gasteiger partial charge in [-0.15, -0.1) is 0 Å². The van der Waals surface area contributed by atoms with Crippen LogP contribution >= 0.6 is 0 Å². The molecule has 220 valence electrons. The van der Waals surface area contributed by atoms with Crippen molar-refractivity contribution in [2.45, 2.75) is 18.5 Å². The number of hydrogen-bond acceptors (Lipinski definition) is 10. The first-order chi connectivity index (χ1) is 20.9. The number of imide groups is 1. The Morgan fingerprint density at radius 2 is 1.60 bits per heavy atom. The third kappa shape index (κ3) is 4.30. The summed E-state index contributed by atoms with van der Waals surface area (Å²) in [5, 5.41) is 13.9. The summed E-state index contributed by atoms with van der Waals surface area (Å²) in [6, 6.07) is 15.7. The number of esters is 1. The van der Waals surface area contributed by atoms with E-state index in [9.17, 15) is 19.5 Å². The Morgan fingerprint density at radius 1 is 0.930 bits per heavy atom. The quantitative estimate of drug-likeness (QED) is 0.315. The van der Waals surface area contributed by atoms with Crippen molar-refractivity contribution in [2.24, 2.45) is 11.8 Å². The lowest BCUT2D eigenvalue weighted by Crippen LogP contribution is -2.42. The van der Waals surface area contributed by atoms with Crippen molar-refractivity contribution in [1.29, 1.82) is 0 Å². The number of ether oxygens (including phenoxy) is 5. The lowest BCUT2D eigenvalue weighted by Gasteiger charge is -2.40. The molecule has 0 bridgehead atoms.